The molecule has 2 heterocycles. The van der Waals surface area contributed by atoms with Gasteiger partial charge in [0.15, 0.2) is 0 Å². The first-order valence-electron chi connectivity index (χ1n) is 7.23. The molecule has 0 radical (unpaired) electrons. The van der Waals surface area contributed by atoms with Crippen molar-refractivity contribution in [2.75, 3.05) is 26.0 Å². The van der Waals surface area contributed by atoms with Crippen LogP contribution in [0.2, 0.25) is 0 Å². The summed E-state index contributed by atoms with van der Waals surface area (Å²) in [5.41, 5.74) is 1.89. The van der Waals surface area contributed by atoms with Crippen LogP contribution in [-0.4, -0.2) is 41.7 Å². The molecule has 1 aromatic carbocycles. The van der Waals surface area contributed by atoms with Gasteiger partial charge in [-0.05, 0) is 29.8 Å². The number of carbonyl (C=O) groups is 1. The maximum Gasteiger partial charge on any atom is 0.255 e. The van der Waals surface area contributed by atoms with E-state index in [-0.39, 0.29) is 5.91 Å². The minimum atomic E-state index is 0.0620. The Hall–Kier alpha value is -2.01. The smallest absolute Gasteiger partial charge is 0.255 e. The van der Waals surface area contributed by atoms with Crippen LogP contribution in [0.25, 0.3) is 0 Å². The zero-order chi connectivity index (χ0) is 15.4. The van der Waals surface area contributed by atoms with E-state index in [9.17, 15) is 4.79 Å². The molecule has 4 nitrogen and oxygen atoms in total. The number of hydrogen-bond donors (Lipinski definition) is 0. The standard InChI is InChI=1S/C17H18N2O2S/c1-21-15-6-4-13(5-7-15)16-12-19(9-10-22-16)17(20)14-3-2-8-18-11-14/h2-8,11,16H,9-10,12H2,1H3. The van der Waals surface area contributed by atoms with E-state index in [2.05, 4.69) is 17.1 Å². The van der Waals surface area contributed by atoms with Gasteiger partial charge in [0.2, 0.25) is 0 Å². The van der Waals surface area contributed by atoms with Gasteiger partial charge in [0, 0.05) is 36.5 Å². The molecular weight excluding hydrogens is 296 g/mol. The maximum absolute atomic E-state index is 12.5. The molecule has 0 saturated carbocycles. The highest BCUT2D eigenvalue weighted by molar-refractivity contribution is 7.99. The van der Waals surface area contributed by atoms with E-state index < -0.39 is 0 Å². The zero-order valence-corrected chi connectivity index (χ0v) is 13.3. The van der Waals surface area contributed by atoms with Gasteiger partial charge < -0.3 is 9.64 Å². The van der Waals surface area contributed by atoms with E-state index in [0.717, 1.165) is 24.6 Å². The third kappa shape index (κ3) is 3.25. The second-order valence-electron chi connectivity index (χ2n) is 5.13. The SMILES string of the molecule is COc1ccc(C2CN(C(=O)c3cccnc3)CCS2)cc1. The first-order valence-corrected chi connectivity index (χ1v) is 8.27. The predicted molar refractivity (Wildman–Crippen MR) is 88.3 cm³/mol. The summed E-state index contributed by atoms with van der Waals surface area (Å²) in [5.74, 6) is 1.86. The molecule has 3 rings (SSSR count). The molecule has 0 N–H and O–H groups in total. The molecule has 1 aromatic heterocycles. The summed E-state index contributed by atoms with van der Waals surface area (Å²) < 4.78 is 5.20. The third-order valence-corrected chi connectivity index (χ3v) is 4.99. The number of thioether (sulfide) groups is 1. The van der Waals surface area contributed by atoms with Gasteiger partial charge in [-0.15, -0.1) is 0 Å². The molecular formula is C17H18N2O2S. The monoisotopic (exact) mass is 314 g/mol. The van der Waals surface area contributed by atoms with E-state index in [1.165, 1.54) is 5.56 Å². The van der Waals surface area contributed by atoms with E-state index in [0.29, 0.717) is 10.8 Å². The summed E-state index contributed by atoms with van der Waals surface area (Å²) in [5, 5.41) is 0.306. The van der Waals surface area contributed by atoms with Gasteiger partial charge in [0.05, 0.1) is 12.7 Å². The number of carbonyl (C=O) groups excluding carboxylic acids is 1. The summed E-state index contributed by atoms with van der Waals surface area (Å²) >= 11 is 1.90. The summed E-state index contributed by atoms with van der Waals surface area (Å²) in [6.45, 7) is 1.51. The Kier molecular flexibility index (Phi) is 4.63. The number of methoxy groups -OCH3 is 1. The molecule has 22 heavy (non-hydrogen) atoms. The van der Waals surface area contributed by atoms with Crippen LogP contribution in [0, 0.1) is 0 Å². The number of amides is 1. The molecule has 0 spiro atoms. The lowest BCUT2D eigenvalue weighted by Crippen LogP contribution is -2.39. The fourth-order valence-corrected chi connectivity index (χ4v) is 3.77. The average Bonchev–Trinajstić information content (AvgIpc) is 2.62. The molecule has 0 bridgehead atoms. The highest BCUT2D eigenvalue weighted by Gasteiger charge is 2.26. The minimum Gasteiger partial charge on any atom is -0.497 e. The van der Waals surface area contributed by atoms with E-state index >= 15 is 0 Å². The molecule has 5 heteroatoms. The molecule has 1 atom stereocenters. The average molecular weight is 314 g/mol. The molecule has 1 fully saturated rings. The topological polar surface area (TPSA) is 42.4 Å². The van der Waals surface area contributed by atoms with E-state index in [1.54, 1.807) is 25.6 Å². The van der Waals surface area contributed by atoms with Crippen molar-refractivity contribution in [2.24, 2.45) is 0 Å². The molecule has 1 saturated heterocycles. The van der Waals surface area contributed by atoms with Crippen LogP contribution in [0.1, 0.15) is 21.2 Å². The zero-order valence-electron chi connectivity index (χ0n) is 12.4. The Morgan fingerprint density at radius 3 is 2.82 bits per heavy atom. The van der Waals surface area contributed by atoms with Crippen LogP contribution in [0.5, 0.6) is 5.75 Å². The van der Waals surface area contributed by atoms with Crippen LogP contribution in [0.15, 0.2) is 48.8 Å². The number of nitrogens with zero attached hydrogens (tertiary/aromatic N) is 2. The van der Waals surface area contributed by atoms with Gasteiger partial charge in [0.25, 0.3) is 5.91 Å². The minimum absolute atomic E-state index is 0.0620. The lowest BCUT2D eigenvalue weighted by molar-refractivity contribution is 0.0761. The Labute approximate surface area is 134 Å². The number of aromatic nitrogens is 1. The number of hydrogen-bond acceptors (Lipinski definition) is 4. The number of pyridine rings is 1. The lowest BCUT2D eigenvalue weighted by atomic mass is 10.1. The van der Waals surface area contributed by atoms with Crippen molar-refractivity contribution in [3.63, 3.8) is 0 Å². The Morgan fingerprint density at radius 2 is 2.14 bits per heavy atom. The van der Waals surface area contributed by atoms with Gasteiger partial charge in [-0.2, -0.15) is 11.8 Å². The van der Waals surface area contributed by atoms with E-state index in [4.69, 9.17) is 4.74 Å². The van der Waals surface area contributed by atoms with Crippen LogP contribution < -0.4 is 4.74 Å². The van der Waals surface area contributed by atoms with Crippen molar-refractivity contribution in [3.8, 4) is 5.75 Å². The number of ether oxygens (including phenoxy) is 1. The van der Waals surface area contributed by atoms with Crippen molar-refractivity contribution < 1.29 is 9.53 Å². The maximum atomic E-state index is 12.5. The number of rotatable bonds is 3. The Balaban J connectivity index is 1.72. The van der Waals surface area contributed by atoms with Gasteiger partial charge in [-0.1, -0.05) is 12.1 Å². The summed E-state index contributed by atoms with van der Waals surface area (Å²) in [6, 6.07) is 11.7. The fourth-order valence-electron chi connectivity index (χ4n) is 2.53. The fraction of sp³-hybridized carbons (Fsp3) is 0.294. The Bertz CT molecular complexity index is 631. The van der Waals surface area contributed by atoms with Crippen molar-refractivity contribution >= 4 is 17.7 Å². The highest BCUT2D eigenvalue weighted by Crippen LogP contribution is 2.34. The lowest BCUT2D eigenvalue weighted by Gasteiger charge is -2.32. The molecule has 2 aromatic rings. The van der Waals surface area contributed by atoms with Crippen LogP contribution in [0.3, 0.4) is 0 Å². The largest absolute Gasteiger partial charge is 0.497 e. The van der Waals surface area contributed by atoms with Gasteiger partial charge in [-0.25, -0.2) is 0 Å². The Morgan fingerprint density at radius 1 is 1.32 bits per heavy atom. The predicted octanol–water partition coefficient (Wildman–Crippen LogP) is 3.02. The normalized spacial score (nSPS) is 18.0. The second-order valence-corrected chi connectivity index (χ2v) is 6.44. The molecule has 0 aliphatic carbocycles. The van der Waals surface area contributed by atoms with Crippen molar-refractivity contribution in [3.05, 3.63) is 59.9 Å². The van der Waals surface area contributed by atoms with Crippen LogP contribution in [0.4, 0.5) is 0 Å². The highest BCUT2D eigenvalue weighted by atomic mass is 32.2. The van der Waals surface area contributed by atoms with Gasteiger partial charge in [0.1, 0.15) is 5.75 Å². The van der Waals surface area contributed by atoms with Crippen LogP contribution >= 0.6 is 11.8 Å². The van der Waals surface area contributed by atoms with Crippen molar-refractivity contribution in [2.45, 2.75) is 5.25 Å². The third-order valence-electron chi connectivity index (χ3n) is 3.75. The van der Waals surface area contributed by atoms with Gasteiger partial charge in [-0.3, -0.25) is 9.78 Å². The molecule has 1 aliphatic heterocycles. The number of benzene rings is 1. The van der Waals surface area contributed by atoms with E-state index in [1.807, 2.05) is 34.9 Å². The van der Waals surface area contributed by atoms with Gasteiger partial charge >= 0.3 is 0 Å². The molecule has 1 aliphatic rings. The van der Waals surface area contributed by atoms with Crippen molar-refractivity contribution in [1.82, 2.24) is 9.88 Å². The summed E-state index contributed by atoms with van der Waals surface area (Å²) in [6.07, 6.45) is 3.31. The first-order chi connectivity index (χ1) is 10.8. The molecule has 114 valence electrons. The quantitative estimate of drug-likeness (QED) is 0.873. The first kappa shape index (κ1) is 14.9. The second kappa shape index (κ2) is 6.83. The summed E-state index contributed by atoms with van der Waals surface area (Å²) in [4.78, 5) is 18.5. The molecule has 1 unspecified atom stereocenters. The summed E-state index contributed by atoms with van der Waals surface area (Å²) in [7, 11) is 1.67. The molecule has 1 amide bonds. The van der Waals surface area contributed by atoms with Crippen molar-refractivity contribution in [1.29, 1.82) is 0 Å². The van der Waals surface area contributed by atoms with Crippen LogP contribution in [-0.2, 0) is 0 Å².